The Morgan fingerprint density at radius 3 is 2.58 bits per heavy atom. The van der Waals surface area contributed by atoms with Crippen LogP contribution in [0.2, 0.25) is 0 Å². The first kappa shape index (κ1) is 9.91. The van der Waals surface area contributed by atoms with E-state index in [1.54, 1.807) is 6.07 Å². The number of nitrogens with zero attached hydrogens (tertiary/aromatic N) is 1. The molecule has 66 valence electrons. The van der Waals surface area contributed by atoms with Crippen LogP contribution < -0.4 is 0 Å². The van der Waals surface area contributed by atoms with Gasteiger partial charge in [-0.3, -0.25) is 4.79 Å². The summed E-state index contributed by atoms with van der Waals surface area (Å²) in [5.41, 5.74) is 0. The zero-order chi connectivity index (χ0) is 9.41. The minimum Gasteiger partial charge on any atom is -0.442 e. The van der Waals surface area contributed by atoms with E-state index in [1.165, 1.54) is 0 Å². The summed E-state index contributed by atoms with van der Waals surface area (Å²) in [6.45, 7) is 0. The molecule has 0 aromatic carbocycles. The van der Waals surface area contributed by atoms with E-state index < -0.39 is 15.4 Å². The molecule has 12 heavy (non-hydrogen) atoms. The highest BCUT2D eigenvalue weighted by Crippen LogP contribution is 2.42. The Kier molecular flexibility index (Phi) is 2.44. The molecule has 1 heterocycles. The van der Waals surface area contributed by atoms with E-state index in [2.05, 4.69) is 4.74 Å². The first-order valence-electron chi connectivity index (χ1n) is 3.07. The largest absolute Gasteiger partial charge is 0.442 e. The molecule has 1 aliphatic heterocycles. The molecule has 0 amide bonds. The fourth-order valence-electron chi connectivity index (χ4n) is 0.881. The minimum absolute atomic E-state index is 0.0391. The summed E-state index contributed by atoms with van der Waals surface area (Å²) in [4.78, 5) is 10.4. The number of cyclic esters (lactones) is 1. The number of halogens is 3. The second-order valence-corrected chi connectivity index (χ2v) is 4.70. The molecular formula is C6H4Cl3NO2. The van der Waals surface area contributed by atoms with Crippen molar-refractivity contribution in [3.05, 3.63) is 0 Å². The molecule has 0 saturated carbocycles. The second-order valence-electron chi connectivity index (χ2n) is 2.53. The van der Waals surface area contributed by atoms with Gasteiger partial charge in [0.2, 0.25) is 4.33 Å². The van der Waals surface area contributed by atoms with Gasteiger partial charge in [-0.05, 0) is 0 Å². The average Bonchev–Trinajstić information content (AvgIpc) is 1.83. The highest BCUT2D eigenvalue weighted by atomic mass is 35.5. The molecule has 1 atom stereocenters. The van der Waals surface area contributed by atoms with Crippen molar-refractivity contribution < 1.29 is 9.53 Å². The predicted octanol–water partition coefficient (Wildman–Crippen LogP) is 1.96. The van der Waals surface area contributed by atoms with E-state index in [4.69, 9.17) is 40.1 Å². The van der Waals surface area contributed by atoms with E-state index >= 15 is 0 Å². The van der Waals surface area contributed by atoms with E-state index in [0.29, 0.717) is 0 Å². The third-order valence-electron chi connectivity index (χ3n) is 1.35. The van der Waals surface area contributed by atoms with Gasteiger partial charge in [-0.25, -0.2) is 0 Å². The zero-order valence-electron chi connectivity index (χ0n) is 5.81. The molecule has 1 rings (SSSR count). The lowest BCUT2D eigenvalue weighted by molar-refractivity contribution is -0.176. The van der Waals surface area contributed by atoms with Gasteiger partial charge in [0, 0.05) is 6.42 Å². The summed E-state index contributed by atoms with van der Waals surface area (Å²) in [7, 11) is 0. The molecule has 0 bridgehead atoms. The fourth-order valence-corrected chi connectivity index (χ4v) is 1.85. The van der Waals surface area contributed by atoms with E-state index in [-0.39, 0.29) is 12.8 Å². The molecule has 1 unspecified atom stereocenters. The Bertz CT molecular complexity index is 250. The smallest absolute Gasteiger partial charge is 0.312 e. The molecule has 1 fully saturated rings. The number of carbonyl (C=O) groups is 1. The Labute approximate surface area is 84.1 Å². The van der Waals surface area contributed by atoms with Crippen molar-refractivity contribution in [3.63, 3.8) is 0 Å². The van der Waals surface area contributed by atoms with E-state index in [1.807, 2.05) is 0 Å². The maximum Gasteiger partial charge on any atom is 0.312 e. The lowest BCUT2D eigenvalue weighted by Crippen LogP contribution is -2.45. The quantitative estimate of drug-likeness (QED) is 0.536. The SMILES string of the molecule is N#CC(Cl)(Cl)CC1(Cl)CC(=O)O1. The molecule has 0 aliphatic carbocycles. The van der Waals surface area contributed by atoms with Crippen LogP contribution in [0.15, 0.2) is 0 Å². The van der Waals surface area contributed by atoms with Gasteiger partial charge in [0.05, 0.1) is 0 Å². The molecule has 1 saturated heterocycles. The van der Waals surface area contributed by atoms with Crippen molar-refractivity contribution in [2.75, 3.05) is 0 Å². The van der Waals surface area contributed by atoms with Gasteiger partial charge in [-0.1, -0.05) is 34.8 Å². The normalized spacial score (nSPS) is 28.7. The number of hydrogen-bond acceptors (Lipinski definition) is 3. The van der Waals surface area contributed by atoms with Crippen LogP contribution >= 0.6 is 34.8 Å². The van der Waals surface area contributed by atoms with Crippen molar-refractivity contribution in [2.45, 2.75) is 22.2 Å². The summed E-state index contributed by atoms with van der Waals surface area (Å²) in [6.07, 6.45) is -0.0513. The number of esters is 1. The molecule has 0 N–H and O–H groups in total. The van der Waals surface area contributed by atoms with Crippen LogP contribution in [0.25, 0.3) is 0 Å². The van der Waals surface area contributed by atoms with Gasteiger partial charge in [-0.15, -0.1) is 0 Å². The molecular weight excluding hydrogens is 224 g/mol. The first-order valence-corrected chi connectivity index (χ1v) is 4.20. The second kappa shape index (κ2) is 2.95. The van der Waals surface area contributed by atoms with Gasteiger partial charge < -0.3 is 4.74 Å². The molecule has 3 nitrogen and oxygen atoms in total. The summed E-state index contributed by atoms with van der Waals surface area (Å²) in [5, 5.41) is 7.25. The lowest BCUT2D eigenvalue weighted by Gasteiger charge is -2.36. The van der Waals surface area contributed by atoms with Gasteiger partial charge >= 0.3 is 5.97 Å². The summed E-state index contributed by atoms with van der Waals surface area (Å²) in [6, 6.07) is 1.64. The minimum atomic E-state index is -1.59. The third-order valence-corrected chi connectivity index (χ3v) is 2.14. The van der Waals surface area contributed by atoms with E-state index in [0.717, 1.165) is 0 Å². The predicted molar refractivity (Wildman–Crippen MR) is 44.0 cm³/mol. The highest BCUT2D eigenvalue weighted by Gasteiger charge is 2.49. The van der Waals surface area contributed by atoms with Crippen molar-refractivity contribution in [3.8, 4) is 6.07 Å². The highest BCUT2D eigenvalue weighted by molar-refractivity contribution is 6.50. The van der Waals surface area contributed by atoms with Crippen molar-refractivity contribution in [1.29, 1.82) is 5.26 Å². The van der Waals surface area contributed by atoms with Crippen LogP contribution in [0.1, 0.15) is 12.8 Å². The molecule has 6 heteroatoms. The summed E-state index contributed by atoms with van der Waals surface area (Å²) < 4.78 is 2.98. The maximum atomic E-state index is 10.4. The Morgan fingerprint density at radius 1 is 1.75 bits per heavy atom. The lowest BCUT2D eigenvalue weighted by atomic mass is 10.1. The van der Waals surface area contributed by atoms with Crippen molar-refractivity contribution in [1.82, 2.24) is 0 Å². The number of ether oxygens (including phenoxy) is 1. The van der Waals surface area contributed by atoms with Crippen LogP contribution in [0.3, 0.4) is 0 Å². The van der Waals surface area contributed by atoms with Crippen molar-refractivity contribution >= 4 is 40.8 Å². The van der Waals surface area contributed by atoms with Gasteiger partial charge in [-0.2, -0.15) is 5.26 Å². The monoisotopic (exact) mass is 227 g/mol. The number of hydrogen-bond donors (Lipinski definition) is 0. The summed E-state index contributed by atoms with van der Waals surface area (Å²) >= 11 is 16.7. The Hall–Kier alpha value is -0.170. The molecule has 0 aromatic rings. The molecule has 0 radical (unpaired) electrons. The Balaban J connectivity index is 2.53. The van der Waals surface area contributed by atoms with Crippen LogP contribution in [0, 0.1) is 11.3 Å². The molecule has 0 aromatic heterocycles. The third kappa shape index (κ3) is 2.16. The molecule has 1 aliphatic rings. The number of carbonyl (C=O) groups excluding carboxylic acids is 1. The fraction of sp³-hybridized carbons (Fsp3) is 0.667. The number of alkyl halides is 3. The van der Waals surface area contributed by atoms with Gasteiger partial charge in [0.15, 0.2) is 5.06 Å². The van der Waals surface area contributed by atoms with Crippen LogP contribution in [-0.2, 0) is 9.53 Å². The van der Waals surface area contributed by atoms with E-state index in [9.17, 15) is 4.79 Å². The van der Waals surface area contributed by atoms with Crippen LogP contribution in [0.5, 0.6) is 0 Å². The topological polar surface area (TPSA) is 50.1 Å². The first-order chi connectivity index (χ1) is 5.37. The number of nitriles is 1. The Morgan fingerprint density at radius 2 is 2.25 bits per heavy atom. The number of rotatable bonds is 2. The van der Waals surface area contributed by atoms with Crippen LogP contribution in [0.4, 0.5) is 0 Å². The van der Waals surface area contributed by atoms with Gasteiger partial charge in [0.1, 0.15) is 12.5 Å². The van der Waals surface area contributed by atoms with Crippen LogP contribution in [-0.4, -0.2) is 15.4 Å². The zero-order valence-corrected chi connectivity index (χ0v) is 8.08. The standard InChI is InChI=1S/C6H4Cl3NO2/c7-5(8,3-10)2-6(9)1-4(11)12-6/h1-2H2. The molecule has 0 spiro atoms. The average molecular weight is 228 g/mol. The maximum absolute atomic E-state index is 10.4. The summed E-state index contributed by atoms with van der Waals surface area (Å²) in [5.74, 6) is -0.410. The van der Waals surface area contributed by atoms with Crippen molar-refractivity contribution in [2.24, 2.45) is 0 Å². The van der Waals surface area contributed by atoms with Gasteiger partial charge in [0.25, 0.3) is 0 Å².